The summed E-state index contributed by atoms with van der Waals surface area (Å²) in [6, 6.07) is 5.93. The van der Waals surface area contributed by atoms with E-state index in [9.17, 15) is 0 Å². The van der Waals surface area contributed by atoms with Gasteiger partial charge in [0, 0.05) is 31.4 Å². The van der Waals surface area contributed by atoms with Crippen LogP contribution in [-0.4, -0.2) is 23.6 Å². The van der Waals surface area contributed by atoms with Crippen LogP contribution in [0.1, 0.15) is 44.6 Å². The highest BCUT2D eigenvalue weighted by Gasteiger charge is 2.29. The van der Waals surface area contributed by atoms with E-state index in [0.717, 1.165) is 25.2 Å². The fourth-order valence-corrected chi connectivity index (χ4v) is 2.39. The van der Waals surface area contributed by atoms with Crippen molar-refractivity contribution >= 4 is 5.82 Å². The third-order valence-electron chi connectivity index (χ3n) is 3.73. The smallest absolute Gasteiger partial charge is 0.129 e. The van der Waals surface area contributed by atoms with Crippen molar-refractivity contribution in [3.05, 3.63) is 23.9 Å². The first-order valence-electron chi connectivity index (χ1n) is 7.32. The van der Waals surface area contributed by atoms with Gasteiger partial charge in [0.1, 0.15) is 5.82 Å². The quantitative estimate of drug-likeness (QED) is 0.800. The zero-order valence-electron chi connectivity index (χ0n) is 11.2. The zero-order valence-corrected chi connectivity index (χ0v) is 11.2. The molecule has 0 aliphatic heterocycles. The molecule has 1 aromatic heterocycles. The standard InChI is InChI=1S/C15H23N3/c1-2-9-18(14-5-6-14)15-10-12(7-8-16-15)11-17-13-3-4-13/h7-8,10,13-14,17H,2-6,9,11H2,1H3. The Hall–Kier alpha value is -1.09. The minimum atomic E-state index is 0.754. The first kappa shape index (κ1) is 12.0. The van der Waals surface area contributed by atoms with Gasteiger partial charge in [-0.3, -0.25) is 0 Å². The third kappa shape index (κ3) is 3.02. The molecule has 3 heteroatoms. The molecule has 2 aliphatic rings. The molecule has 1 N–H and O–H groups in total. The average molecular weight is 245 g/mol. The predicted octanol–water partition coefficient (Wildman–Crippen LogP) is 2.71. The van der Waals surface area contributed by atoms with Crippen LogP contribution >= 0.6 is 0 Å². The fraction of sp³-hybridized carbons (Fsp3) is 0.667. The van der Waals surface area contributed by atoms with Crippen LogP contribution in [0.15, 0.2) is 18.3 Å². The largest absolute Gasteiger partial charge is 0.354 e. The Morgan fingerprint density at radius 3 is 2.83 bits per heavy atom. The number of rotatable bonds is 7. The number of nitrogens with zero attached hydrogens (tertiary/aromatic N) is 2. The van der Waals surface area contributed by atoms with Gasteiger partial charge in [-0.2, -0.15) is 0 Å². The van der Waals surface area contributed by atoms with E-state index in [2.05, 4.69) is 34.3 Å². The highest BCUT2D eigenvalue weighted by Crippen LogP contribution is 2.31. The molecule has 0 bridgehead atoms. The molecule has 0 atom stereocenters. The number of anilines is 1. The van der Waals surface area contributed by atoms with Gasteiger partial charge < -0.3 is 10.2 Å². The molecule has 0 radical (unpaired) electrons. The fourth-order valence-electron chi connectivity index (χ4n) is 2.39. The molecule has 2 aliphatic carbocycles. The Morgan fingerprint density at radius 1 is 1.33 bits per heavy atom. The van der Waals surface area contributed by atoms with Crippen LogP contribution in [0.4, 0.5) is 5.82 Å². The molecule has 1 aromatic rings. The molecule has 0 saturated heterocycles. The molecule has 3 rings (SSSR count). The highest BCUT2D eigenvalue weighted by molar-refractivity contribution is 5.43. The lowest BCUT2D eigenvalue weighted by Gasteiger charge is -2.23. The summed E-state index contributed by atoms with van der Waals surface area (Å²) in [4.78, 5) is 7.05. The predicted molar refractivity (Wildman–Crippen MR) is 74.8 cm³/mol. The Bertz CT molecular complexity index is 396. The van der Waals surface area contributed by atoms with E-state index >= 15 is 0 Å². The molecule has 3 nitrogen and oxygen atoms in total. The van der Waals surface area contributed by atoms with Gasteiger partial charge in [0.05, 0.1) is 0 Å². The maximum absolute atomic E-state index is 4.56. The van der Waals surface area contributed by atoms with Crippen molar-refractivity contribution in [1.82, 2.24) is 10.3 Å². The second-order valence-electron chi connectivity index (χ2n) is 5.60. The lowest BCUT2D eigenvalue weighted by Crippen LogP contribution is -2.27. The molecular weight excluding hydrogens is 222 g/mol. The van der Waals surface area contributed by atoms with Crippen molar-refractivity contribution in [2.45, 2.75) is 57.7 Å². The van der Waals surface area contributed by atoms with E-state index in [1.54, 1.807) is 0 Å². The van der Waals surface area contributed by atoms with Gasteiger partial charge in [-0.25, -0.2) is 4.98 Å². The van der Waals surface area contributed by atoms with E-state index in [0.29, 0.717) is 0 Å². The number of hydrogen-bond donors (Lipinski definition) is 1. The molecule has 0 amide bonds. The van der Waals surface area contributed by atoms with Crippen molar-refractivity contribution in [1.29, 1.82) is 0 Å². The first-order chi connectivity index (χ1) is 8.86. The van der Waals surface area contributed by atoms with Crippen LogP contribution in [0.3, 0.4) is 0 Å². The summed E-state index contributed by atoms with van der Waals surface area (Å²) in [5.74, 6) is 1.18. The zero-order chi connectivity index (χ0) is 12.4. The number of nitrogens with one attached hydrogen (secondary N) is 1. The summed E-state index contributed by atoms with van der Waals surface area (Å²) in [7, 11) is 0. The minimum absolute atomic E-state index is 0.754. The van der Waals surface area contributed by atoms with Gasteiger partial charge in [0.15, 0.2) is 0 Å². The van der Waals surface area contributed by atoms with Gasteiger partial charge in [-0.15, -0.1) is 0 Å². The second-order valence-corrected chi connectivity index (χ2v) is 5.60. The molecule has 1 heterocycles. The Kier molecular flexibility index (Phi) is 3.50. The lowest BCUT2D eigenvalue weighted by molar-refractivity contribution is 0.685. The van der Waals surface area contributed by atoms with Gasteiger partial charge in [-0.1, -0.05) is 6.92 Å². The number of pyridine rings is 1. The van der Waals surface area contributed by atoms with Crippen LogP contribution in [-0.2, 0) is 6.54 Å². The van der Waals surface area contributed by atoms with Crippen molar-refractivity contribution < 1.29 is 0 Å². The molecule has 0 aromatic carbocycles. The van der Waals surface area contributed by atoms with Crippen molar-refractivity contribution in [3.8, 4) is 0 Å². The second kappa shape index (κ2) is 5.27. The van der Waals surface area contributed by atoms with Crippen molar-refractivity contribution in [3.63, 3.8) is 0 Å². The molecule has 98 valence electrons. The summed E-state index contributed by atoms with van der Waals surface area (Å²) in [5, 5.41) is 3.57. The topological polar surface area (TPSA) is 28.2 Å². The average Bonchev–Trinajstić information content (AvgIpc) is 3.28. The van der Waals surface area contributed by atoms with Crippen LogP contribution in [0.2, 0.25) is 0 Å². The first-order valence-corrected chi connectivity index (χ1v) is 7.32. The molecule has 0 unspecified atom stereocenters. The molecule has 2 fully saturated rings. The lowest BCUT2D eigenvalue weighted by atomic mass is 10.2. The van der Waals surface area contributed by atoms with Crippen molar-refractivity contribution in [2.24, 2.45) is 0 Å². The monoisotopic (exact) mass is 245 g/mol. The van der Waals surface area contributed by atoms with E-state index < -0.39 is 0 Å². The van der Waals surface area contributed by atoms with E-state index in [1.165, 1.54) is 43.5 Å². The molecule has 18 heavy (non-hydrogen) atoms. The van der Waals surface area contributed by atoms with E-state index in [-0.39, 0.29) is 0 Å². The summed E-state index contributed by atoms with van der Waals surface area (Å²) in [6.07, 6.45) is 8.54. The minimum Gasteiger partial charge on any atom is -0.354 e. The molecule has 0 spiro atoms. The number of hydrogen-bond acceptors (Lipinski definition) is 3. The van der Waals surface area contributed by atoms with E-state index in [4.69, 9.17) is 0 Å². The maximum Gasteiger partial charge on any atom is 0.129 e. The summed E-state index contributed by atoms with van der Waals surface area (Å²) < 4.78 is 0. The van der Waals surface area contributed by atoms with Crippen LogP contribution < -0.4 is 10.2 Å². The maximum atomic E-state index is 4.56. The van der Waals surface area contributed by atoms with Gasteiger partial charge in [0.2, 0.25) is 0 Å². The van der Waals surface area contributed by atoms with Gasteiger partial charge >= 0.3 is 0 Å². The summed E-state index contributed by atoms with van der Waals surface area (Å²) in [6.45, 7) is 4.37. The van der Waals surface area contributed by atoms with Crippen molar-refractivity contribution in [2.75, 3.05) is 11.4 Å². The Morgan fingerprint density at radius 2 is 2.17 bits per heavy atom. The van der Waals surface area contributed by atoms with Gasteiger partial charge in [-0.05, 0) is 49.8 Å². The molecular formula is C15H23N3. The Labute approximate surface area is 110 Å². The third-order valence-corrected chi connectivity index (χ3v) is 3.73. The van der Waals surface area contributed by atoms with Crippen LogP contribution in [0.5, 0.6) is 0 Å². The highest BCUT2D eigenvalue weighted by atomic mass is 15.2. The van der Waals surface area contributed by atoms with E-state index in [1.807, 2.05) is 6.20 Å². The Balaban J connectivity index is 1.67. The molecule has 2 saturated carbocycles. The van der Waals surface area contributed by atoms with Crippen LogP contribution in [0.25, 0.3) is 0 Å². The summed E-state index contributed by atoms with van der Waals surface area (Å²) >= 11 is 0. The van der Waals surface area contributed by atoms with Crippen LogP contribution in [0, 0.1) is 0 Å². The SMILES string of the molecule is CCCN(c1cc(CNC2CC2)ccn1)C1CC1. The van der Waals surface area contributed by atoms with Gasteiger partial charge in [0.25, 0.3) is 0 Å². The summed E-state index contributed by atoms with van der Waals surface area (Å²) in [5.41, 5.74) is 1.37. The normalized spacial score (nSPS) is 18.9. The number of aromatic nitrogens is 1.